The molecule has 2 rings (SSSR count). The van der Waals surface area contributed by atoms with Crippen LogP contribution in [0.1, 0.15) is 17.5 Å². The van der Waals surface area contributed by atoms with Gasteiger partial charge in [-0.05, 0) is 42.2 Å². The lowest BCUT2D eigenvalue weighted by atomic mass is 10.1. The van der Waals surface area contributed by atoms with E-state index in [2.05, 4.69) is 17.4 Å². The molecule has 2 aromatic rings. The van der Waals surface area contributed by atoms with Gasteiger partial charge < -0.3 is 10.1 Å². The number of carbonyl (C=O) groups is 1. The van der Waals surface area contributed by atoms with E-state index in [1.54, 1.807) is 37.5 Å². The average molecular weight is 320 g/mol. The molecule has 4 heteroatoms. The number of hydrogen-bond acceptors (Lipinski definition) is 3. The molecule has 0 aliphatic carbocycles. The van der Waals surface area contributed by atoms with Crippen molar-refractivity contribution in [2.24, 2.45) is 0 Å². The molecule has 0 atom stereocenters. The van der Waals surface area contributed by atoms with Crippen molar-refractivity contribution >= 4 is 12.0 Å². The van der Waals surface area contributed by atoms with E-state index in [0.717, 1.165) is 24.2 Å². The molecule has 1 N–H and O–H groups in total. The number of nitrogens with one attached hydrogen (secondary N) is 1. The summed E-state index contributed by atoms with van der Waals surface area (Å²) < 4.78 is 5.08. The largest absolute Gasteiger partial charge is 0.497 e. The Morgan fingerprint density at radius 2 is 1.88 bits per heavy atom. The summed E-state index contributed by atoms with van der Waals surface area (Å²) in [5.41, 5.74) is 2.12. The minimum absolute atomic E-state index is 0.0971. The van der Waals surface area contributed by atoms with Gasteiger partial charge in [-0.3, -0.25) is 4.79 Å². The summed E-state index contributed by atoms with van der Waals surface area (Å²) in [7, 11) is 1.59. The van der Waals surface area contributed by atoms with Crippen molar-refractivity contribution in [1.82, 2.24) is 5.32 Å². The molecule has 0 fully saturated rings. The Morgan fingerprint density at radius 3 is 2.50 bits per heavy atom. The molecule has 0 aliphatic rings. The van der Waals surface area contributed by atoms with Gasteiger partial charge >= 0.3 is 0 Å². The summed E-state index contributed by atoms with van der Waals surface area (Å²) in [6.07, 6.45) is 3.30. The number of nitriles is 1. The summed E-state index contributed by atoms with van der Waals surface area (Å²) in [5, 5.41) is 12.0. The van der Waals surface area contributed by atoms with Crippen LogP contribution in [-0.4, -0.2) is 19.6 Å². The Labute approximate surface area is 142 Å². The smallest absolute Gasteiger partial charge is 0.261 e. The third-order valence-corrected chi connectivity index (χ3v) is 3.56. The quantitative estimate of drug-likeness (QED) is 0.483. The molecule has 24 heavy (non-hydrogen) atoms. The molecule has 0 saturated heterocycles. The Hall–Kier alpha value is -3.06. The summed E-state index contributed by atoms with van der Waals surface area (Å²) in [6, 6.07) is 19.2. The average Bonchev–Trinajstić information content (AvgIpc) is 2.64. The van der Waals surface area contributed by atoms with E-state index in [1.807, 2.05) is 24.3 Å². The number of methoxy groups -OCH3 is 1. The maximum Gasteiger partial charge on any atom is 0.261 e. The van der Waals surface area contributed by atoms with Gasteiger partial charge in [0.15, 0.2) is 0 Å². The van der Waals surface area contributed by atoms with E-state index in [1.165, 1.54) is 5.56 Å². The van der Waals surface area contributed by atoms with Crippen LogP contribution in [0, 0.1) is 11.3 Å². The second-order valence-corrected chi connectivity index (χ2v) is 5.29. The third kappa shape index (κ3) is 5.29. The molecule has 0 aliphatic heterocycles. The zero-order chi connectivity index (χ0) is 17.2. The highest BCUT2D eigenvalue weighted by molar-refractivity contribution is 6.01. The van der Waals surface area contributed by atoms with Crippen molar-refractivity contribution in [3.8, 4) is 11.8 Å². The molecule has 0 aromatic heterocycles. The van der Waals surface area contributed by atoms with Crippen molar-refractivity contribution in [1.29, 1.82) is 5.26 Å². The van der Waals surface area contributed by atoms with Gasteiger partial charge in [0.1, 0.15) is 17.4 Å². The molecule has 0 radical (unpaired) electrons. The molecular formula is C20H20N2O2. The fourth-order valence-corrected chi connectivity index (χ4v) is 2.25. The Bertz CT molecular complexity index is 728. The lowest BCUT2D eigenvalue weighted by Crippen LogP contribution is -2.25. The van der Waals surface area contributed by atoms with Gasteiger partial charge in [0.2, 0.25) is 0 Å². The number of amides is 1. The zero-order valence-corrected chi connectivity index (χ0v) is 13.7. The minimum atomic E-state index is -0.346. The molecule has 122 valence electrons. The highest BCUT2D eigenvalue weighted by atomic mass is 16.5. The van der Waals surface area contributed by atoms with Crippen LogP contribution >= 0.6 is 0 Å². The first-order valence-electron chi connectivity index (χ1n) is 7.81. The number of aryl methyl sites for hydroxylation is 1. The lowest BCUT2D eigenvalue weighted by Gasteiger charge is -2.05. The van der Waals surface area contributed by atoms with E-state index in [9.17, 15) is 10.1 Å². The highest BCUT2D eigenvalue weighted by Gasteiger charge is 2.08. The van der Waals surface area contributed by atoms with E-state index in [-0.39, 0.29) is 11.5 Å². The van der Waals surface area contributed by atoms with Crippen molar-refractivity contribution in [2.45, 2.75) is 12.8 Å². The normalized spacial score (nSPS) is 10.8. The van der Waals surface area contributed by atoms with E-state index < -0.39 is 0 Å². The molecule has 4 nitrogen and oxygen atoms in total. The number of rotatable bonds is 7. The molecule has 0 unspecified atom stereocenters. The van der Waals surface area contributed by atoms with Crippen molar-refractivity contribution in [3.05, 3.63) is 71.3 Å². The van der Waals surface area contributed by atoms with Crippen LogP contribution in [-0.2, 0) is 11.2 Å². The molecule has 0 bridgehead atoms. The van der Waals surface area contributed by atoms with Gasteiger partial charge in [-0.1, -0.05) is 42.5 Å². The van der Waals surface area contributed by atoms with Crippen LogP contribution in [0.5, 0.6) is 5.75 Å². The molecule has 0 spiro atoms. The standard InChI is InChI=1S/C20H20N2O2/c1-24-19-11-9-17(10-12-19)14-18(15-21)20(23)22-13-5-8-16-6-3-2-4-7-16/h2-4,6-7,9-12,14H,5,8,13H2,1H3,(H,22,23)/b18-14-. The first-order chi connectivity index (χ1) is 11.7. The van der Waals surface area contributed by atoms with Crippen LogP contribution in [0.15, 0.2) is 60.2 Å². The second kappa shape index (κ2) is 9.16. The number of hydrogen-bond donors (Lipinski definition) is 1. The summed E-state index contributed by atoms with van der Waals surface area (Å²) in [5.74, 6) is 0.386. The van der Waals surface area contributed by atoms with Crippen LogP contribution in [0.2, 0.25) is 0 Å². The van der Waals surface area contributed by atoms with Crippen molar-refractivity contribution in [3.63, 3.8) is 0 Å². The van der Waals surface area contributed by atoms with Crippen LogP contribution < -0.4 is 10.1 Å². The number of nitrogens with zero attached hydrogens (tertiary/aromatic N) is 1. The van der Waals surface area contributed by atoms with Crippen LogP contribution in [0.4, 0.5) is 0 Å². The Kier molecular flexibility index (Phi) is 6.60. The summed E-state index contributed by atoms with van der Waals surface area (Å²) >= 11 is 0. The Morgan fingerprint density at radius 1 is 1.17 bits per heavy atom. The minimum Gasteiger partial charge on any atom is -0.497 e. The molecule has 2 aromatic carbocycles. The predicted octanol–water partition coefficient (Wildman–Crippen LogP) is 3.35. The van der Waals surface area contributed by atoms with Gasteiger partial charge in [-0.2, -0.15) is 5.26 Å². The van der Waals surface area contributed by atoms with Crippen molar-refractivity contribution in [2.75, 3.05) is 13.7 Å². The second-order valence-electron chi connectivity index (χ2n) is 5.29. The van der Waals surface area contributed by atoms with Gasteiger partial charge in [-0.15, -0.1) is 0 Å². The van der Waals surface area contributed by atoms with Crippen LogP contribution in [0.3, 0.4) is 0 Å². The fourth-order valence-electron chi connectivity index (χ4n) is 2.25. The van der Waals surface area contributed by atoms with Gasteiger partial charge in [0, 0.05) is 6.54 Å². The summed E-state index contributed by atoms with van der Waals surface area (Å²) in [6.45, 7) is 0.537. The molecule has 0 heterocycles. The maximum atomic E-state index is 12.1. The number of carbonyl (C=O) groups excluding carboxylic acids is 1. The van der Waals surface area contributed by atoms with Gasteiger partial charge in [0.25, 0.3) is 5.91 Å². The van der Waals surface area contributed by atoms with Crippen LogP contribution in [0.25, 0.3) is 6.08 Å². The van der Waals surface area contributed by atoms with E-state index in [0.29, 0.717) is 6.54 Å². The topological polar surface area (TPSA) is 62.1 Å². The van der Waals surface area contributed by atoms with E-state index >= 15 is 0 Å². The van der Waals surface area contributed by atoms with Crippen molar-refractivity contribution < 1.29 is 9.53 Å². The lowest BCUT2D eigenvalue weighted by molar-refractivity contribution is -0.117. The maximum absolute atomic E-state index is 12.1. The zero-order valence-electron chi connectivity index (χ0n) is 13.7. The molecule has 0 saturated carbocycles. The number of ether oxygens (including phenoxy) is 1. The van der Waals surface area contributed by atoms with Gasteiger partial charge in [0.05, 0.1) is 7.11 Å². The van der Waals surface area contributed by atoms with Gasteiger partial charge in [-0.25, -0.2) is 0 Å². The first-order valence-corrected chi connectivity index (χ1v) is 7.81. The molecule has 1 amide bonds. The summed E-state index contributed by atoms with van der Waals surface area (Å²) in [4.78, 5) is 12.1. The highest BCUT2D eigenvalue weighted by Crippen LogP contribution is 2.14. The number of benzene rings is 2. The molecular weight excluding hydrogens is 300 g/mol. The van der Waals surface area contributed by atoms with E-state index in [4.69, 9.17) is 4.74 Å². The predicted molar refractivity (Wildman–Crippen MR) is 94.4 cm³/mol. The fraction of sp³-hybridized carbons (Fsp3) is 0.200. The third-order valence-electron chi connectivity index (χ3n) is 3.56. The first kappa shape index (κ1) is 17.3. The Balaban J connectivity index is 1.86. The SMILES string of the molecule is COc1ccc(/C=C(/C#N)C(=O)NCCCc2ccccc2)cc1. The monoisotopic (exact) mass is 320 g/mol.